The molecule has 23 heavy (non-hydrogen) atoms. The summed E-state index contributed by atoms with van der Waals surface area (Å²) >= 11 is 18.6. The molecule has 3 aromatic rings. The van der Waals surface area contributed by atoms with Gasteiger partial charge in [-0.15, -0.1) is 0 Å². The molecule has 0 atom stereocenters. The van der Waals surface area contributed by atoms with Gasteiger partial charge in [-0.2, -0.15) is 0 Å². The van der Waals surface area contributed by atoms with Crippen molar-refractivity contribution in [3.8, 4) is 22.6 Å². The molecule has 4 nitrogen and oxygen atoms in total. The van der Waals surface area contributed by atoms with Gasteiger partial charge in [0.05, 0.1) is 23.7 Å². The second-order valence-corrected chi connectivity index (χ2v) is 5.73. The Morgan fingerprint density at radius 3 is 2.61 bits per heavy atom. The maximum atomic E-state index is 6.42. The summed E-state index contributed by atoms with van der Waals surface area (Å²) < 4.78 is 10.3. The number of aromatic nitrogens is 2. The molecule has 0 aliphatic rings. The van der Waals surface area contributed by atoms with E-state index in [1.807, 2.05) is 18.2 Å². The predicted octanol–water partition coefficient (Wildman–Crippen LogP) is 5.34. The first kappa shape index (κ1) is 16.0. The van der Waals surface area contributed by atoms with Crippen LogP contribution in [-0.2, 0) is 4.42 Å². The molecule has 0 saturated heterocycles. The number of rotatable bonds is 3. The van der Waals surface area contributed by atoms with Crippen LogP contribution in [0.2, 0.25) is 15.3 Å². The van der Waals surface area contributed by atoms with Gasteiger partial charge in [0.15, 0.2) is 5.02 Å². The van der Waals surface area contributed by atoms with E-state index in [4.69, 9.17) is 44.0 Å². The van der Waals surface area contributed by atoms with Gasteiger partial charge in [-0.3, -0.25) is 0 Å². The lowest BCUT2D eigenvalue weighted by Gasteiger charge is -2.10. The zero-order valence-corrected chi connectivity index (χ0v) is 14.2. The molecule has 3 rings (SSSR count). The van der Waals surface area contributed by atoms with Crippen LogP contribution < -0.4 is 4.74 Å². The lowest BCUT2D eigenvalue weighted by atomic mass is 10.0. The summed E-state index contributed by atoms with van der Waals surface area (Å²) in [4.78, 5) is 8.14. The van der Waals surface area contributed by atoms with Crippen molar-refractivity contribution in [1.29, 1.82) is 0 Å². The van der Waals surface area contributed by atoms with Crippen molar-refractivity contribution in [1.82, 2.24) is 9.97 Å². The minimum atomic E-state index is 0.190. The first-order chi connectivity index (χ1) is 11.0. The van der Waals surface area contributed by atoms with Crippen molar-refractivity contribution in [2.75, 3.05) is 7.11 Å². The summed E-state index contributed by atoms with van der Waals surface area (Å²) in [6.07, 6.45) is 1.63. The van der Waals surface area contributed by atoms with E-state index in [2.05, 4.69) is 16.8 Å². The molecule has 1 aromatic heterocycles. The van der Waals surface area contributed by atoms with Crippen molar-refractivity contribution in [2.45, 2.75) is 0 Å². The largest absolute Gasteiger partial charge is 0.495 e. The van der Waals surface area contributed by atoms with E-state index in [-0.39, 0.29) is 5.28 Å². The van der Waals surface area contributed by atoms with Gasteiger partial charge in [-0.05, 0) is 29.3 Å². The van der Waals surface area contributed by atoms with Crippen LogP contribution in [0.15, 0.2) is 30.5 Å². The van der Waals surface area contributed by atoms with Crippen LogP contribution >= 0.6 is 34.8 Å². The lowest BCUT2D eigenvalue weighted by molar-refractivity contribution is -0.354. The summed E-state index contributed by atoms with van der Waals surface area (Å²) in [6, 6.07) is 7.11. The van der Waals surface area contributed by atoms with E-state index in [1.54, 1.807) is 12.3 Å². The Labute approximate surface area is 147 Å². The van der Waals surface area contributed by atoms with Gasteiger partial charge < -0.3 is 4.74 Å². The molecular weight excluding hydrogens is 359 g/mol. The maximum Gasteiger partial charge on any atom is 0.374 e. The van der Waals surface area contributed by atoms with E-state index < -0.39 is 0 Å². The van der Waals surface area contributed by atoms with Crippen molar-refractivity contribution in [2.24, 2.45) is 0 Å². The third-order valence-corrected chi connectivity index (χ3v) is 4.28. The summed E-state index contributed by atoms with van der Waals surface area (Å²) in [7, 11) is 1.52. The average Bonchev–Trinajstić information content (AvgIpc) is 2.55. The molecule has 0 unspecified atom stereocenters. The Balaban J connectivity index is 2.29. The fourth-order valence-corrected chi connectivity index (χ4v) is 3.10. The number of hydrogen-bond acceptors (Lipinski definition) is 3. The summed E-state index contributed by atoms with van der Waals surface area (Å²) in [5.74, 6) is 0.813. The second kappa shape index (κ2) is 6.32. The van der Waals surface area contributed by atoms with Crippen LogP contribution in [-0.4, -0.2) is 23.9 Å². The average molecular weight is 369 g/mol. The molecule has 116 valence electrons. The van der Waals surface area contributed by atoms with Crippen molar-refractivity contribution >= 4 is 52.5 Å². The number of ether oxygens (including phenoxy) is 1. The summed E-state index contributed by atoms with van der Waals surface area (Å²) in [6.45, 7) is 3.40. The Hall–Kier alpha value is -1.88. The smallest absolute Gasteiger partial charge is 0.374 e. The number of hydrogen-bond donors (Lipinski definition) is 0. The molecule has 0 aliphatic carbocycles. The highest BCUT2D eigenvalue weighted by atomic mass is 35.5. The zero-order chi connectivity index (χ0) is 16.6. The predicted molar refractivity (Wildman–Crippen MR) is 93.1 cm³/mol. The van der Waals surface area contributed by atoms with Crippen LogP contribution in [0.4, 0.5) is 0 Å². The Kier molecular flexibility index (Phi) is 4.39. The molecule has 0 fully saturated rings. The normalized spacial score (nSPS) is 10.8. The van der Waals surface area contributed by atoms with E-state index in [1.165, 1.54) is 7.11 Å². The Morgan fingerprint density at radius 2 is 1.91 bits per heavy atom. The van der Waals surface area contributed by atoms with E-state index in [0.717, 1.165) is 16.5 Å². The Bertz CT molecular complexity index is 929. The van der Waals surface area contributed by atoms with Crippen molar-refractivity contribution in [3.05, 3.63) is 45.8 Å². The fraction of sp³-hybridized carbons (Fsp3) is 0.0625. The van der Waals surface area contributed by atoms with Crippen LogP contribution in [0.1, 0.15) is 0 Å². The van der Waals surface area contributed by atoms with Gasteiger partial charge in [-0.25, -0.2) is 14.4 Å². The standard InChI is InChI=1S/C16H10Cl3N2O2/c1-22-11-6-12(23-2)15(18)13(14(11)17)8-3-4-10-9(5-8)7-20-16(19)21-10/h3-7H,1H2,2H3/q+1. The monoisotopic (exact) mass is 367 g/mol. The molecule has 0 spiro atoms. The molecule has 0 radical (unpaired) electrons. The van der Waals surface area contributed by atoms with Gasteiger partial charge in [0, 0.05) is 17.1 Å². The van der Waals surface area contributed by atoms with Gasteiger partial charge in [0.25, 0.3) is 6.79 Å². The topological polar surface area (TPSA) is 46.3 Å². The van der Waals surface area contributed by atoms with Crippen LogP contribution in [0.5, 0.6) is 11.5 Å². The third kappa shape index (κ3) is 2.85. The highest BCUT2D eigenvalue weighted by molar-refractivity contribution is 6.41. The molecule has 0 bridgehead atoms. The summed E-state index contributed by atoms with van der Waals surface area (Å²) in [5, 5.41) is 1.72. The fourth-order valence-electron chi connectivity index (χ4n) is 2.26. The van der Waals surface area contributed by atoms with Crippen LogP contribution in [0, 0.1) is 0 Å². The SMILES string of the molecule is C=[O+]c1cc(OC)c(Cl)c(-c2ccc3nc(Cl)ncc3c2)c1Cl. The number of methoxy groups -OCH3 is 1. The van der Waals surface area contributed by atoms with Gasteiger partial charge in [0.2, 0.25) is 5.28 Å². The first-order valence-electron chi connectivity index (χ1n) is 6.46. The molecule has 0 aliphatic heterocycles. The number of halogens is 3. The lowest BCUT2D eigenvalue weighted by Crippen LogP contribution is -1.91. The van der Waals surface area contributed by atoms with Gasteiger partial charge in [0.1, 0.15) is 5.75 Å². The summed E-state index contributed by atoms with van der Waals surface area (Å²) in [5.41, 5.74) is 2.08. The molecular formula is C16H10Cl3N2O2+. The van der Waals surface area contributed by atoms with Crippen LogP contribution in [0.25, 0.3) is 22.0 Å². The minimum Gasteiger partial charge on any atom is -0.495 e. The zero-order valence-electron chi connectivity index (χ0n) is 11.9. The molecule has 2 aromatic carbocycles. The number of fused-ring (bicyclic) bond motifs is 1. The maximum absolute atomic E-state index is 6.42. The highest BCUT2D eigenvalue weighted by Gasteiger charge is 2.23. The number of carbonyl (C=O) groups excluding carboxylic acids is 1. The number of benzene rings is 2. The first-order valence-corrected chi connectivity index (χ1v) is 7.59. The van der Waals surface area contributed by atoms with E-state index in [0.29, 0.717) is 27.1 Å². The van der Waals surface area contributed by atoms with Crippen molar-refractivity contribution < 1.29 is 9.16 Å². The van der Waals surface area contributed by atoms with E-state index >= 15 is 0 Å². The molecule has 0 N–H and O–H groups in total. The Morgan fingerprint density at radius 1 is 1.13 bits per heavy atom. The van der Waals surface area contributed by atoms with Crippen molar-refractivity contribution in [3.63, 3.8) is 0 Å². The van der Waals surface area contributed by atoms with E-state index in [9.17, 15) is 0 Å². The highest BCUT2D eigenvalue weighted by Crippen LogP contribution is 2.46. The number of nitrogens with zero attached hydrogens (tertiary/aromatic N) is 2. The quantitative estimate of drug-likeness (QED) is 0.463. The molecule has 0 saturated carbocycles. The third-order valence-electron chi connectivity index (χ3n) is 3.35. The molecule has 7 heteroatoms. The minimum absolute atomic E-state index is 0.190. The second-order valence-electron chi connectivity index (χ2n) is 4.64. The van der Waals surface area contributed by atoms with Gasteiger partial charge in [-0.1, -0.05) is 29.3 Å². The van der Waals surface area contributed by atoms with Crippen LogP contribution in [0.3, 0.4) is 0 Å². The molecule has 0 amide bonds. The molecule has 1 heterocycles. The van der Waals surface area contributed by atoms with Gasteiger partial charge >= 0.3 is 5.75 Å².